The van der Waals surface area contributed by atoms with Crippen molar-refractivity contribution >= 4 is 12.6 Å². The molecule has 0 aromatic carbocycles. The van der Waals surface area contributed by atoms with Crippen molar-refractivity contribution < 1.29 is 0 Å². The second-order valence-electron chi connectivity index (χ2n) is 4.30. The zero-order valence-corrected chi connectivity index (χ0v) is 9.89. The third kappa shape index (κ3) is 3.51. The van der Waals surface area contributed by atoms with Crippen molar-refractivity contribution in [3.8, 4) is 0 Å². The van der Waals surface area contributed by atoms with Crippen LogP contribution in [0, 0.1) is 0 Å². The molecular formula is C11H23NS. The summed E-state index contributed by atoms with van der Waals surface area (Å²) in [5, 5.41) is 0. The summed E-state index contributed by atoms with van der Waals surface area (Å²) in [5.74, 6) is 1.04. The smallest absolute Gasteiger partial charge is 0.00697 e. The van der Waals surface area contributed by atoms with E-state index in [1.54, 1.807) is 0 Å². The van der Waals surface area contributed by atoms with E-state index in [4.69, 9.17) is 0 Å². The van der Waals surface area contributed by atoms with E-state index in [2.05, 4.69) is 31.4 Å². The van der Waals surface area contributed by atoms with Gasteiger partial charge in [0.05, 0.1) is 0 Å². The molecule has 0 radical (unpaired) electrons. The Morgan fingerprint density at radius 1 is 1.15 bits per heavy atom. The molecule has 0 bridgehead atoms. The molecule has 0 amide bonds. The lowest BCUT2D eigenvalue weighted by Gasteiger charge is -2.39. The molecule has 0 aliphatic carbocycles. The summed E-state index contributed by atoms with van der Waals surface area (Å²) in [4.78, 5) is 2.67. The molecule has 2 atom stereocenters. The summed E-state index contributed by atoms with van der Waals surface area (Å²) >= 11 is 4.24. The van der Waals surface area contributed by atoms with Gasteiger partial charge in [-0.3, -0.25) is 4.90 Å². The quantitative estimate of drug-likeness (QED) is 0.540. The molecule has 1 aliphatic rings. The minimum Gasteiger partial charge on any atom is -0.298 e. The van der Waals surface area contributed by atoms with Gasteiger partial charge in [0.25, 0.3) is 0 Å². The molecule has 1 aliphatic heterocycles. The zero-order valence-electron chi connectivity index (χ0n) is 9.00. The van der Waals surface area contributed by atoms with Gasteiger partial charge in [-0.1, -0.05) is 6.42 Å². The topological polar surface area (TPSA) is 3.24 Å². The van der Waals surface area contributed by atoms with E-state index in [1.165, 1.54) is 38.6 Å². The highest BCUT2D eigenvalue weighted by atomic mass is 32.1. The molecule has 1 rings (SSSR count). The van der Waals surface area contributed by atoms with Gasteiger partial charge in [0.1, 0.15) is 0 Å². The molecule has 0 aromatic rings. The van der Waals surface area contributed by atoms with Gasteiger partial charge >= 0.3 is 0 Å². The zero-order chi connectivity index (χ0) is 9.68. The van der Waals surface area contributed by atoms with Crippen LogP contribution in [0.5, 0.6) is 0 Å². The standard InChI is InChI=1S/C11H23NS/c1-10-6-5-7-11(2)12(10)8-3-4-9-13/h10-11,13H,3-9H2,1-2H3. The second-order valence-corrected chi connectivity index (χ2v) is 4.74. The van der Waals surface area contributed by atoms with E-state index in [0.29, 0.717) is 0 Å². The first-order valence-electron chi connectivity index (χ1n) is 5.62. The number of piperidine rings is 1. The maximum Gasteiger partial charge on any atom is 0.00697 e. The van der Waals surface area contributed by atoms with Crippen molar-refractivity contribution in [2.45, 2.75) is 58.0 Å². The van der Waals surface area contributed by atoms with Crippen molar-refractivity contribution in [3.05, 3.63) is 0 Å². The minimum atomic E-state index is 0.809. The fourth-order valence-electron chi connectivity index (χ4n) is 2.32. The minimum absolute atomic E-state index is 0.809. The Morgan fingerprint density at radius 3 is 2.31 bits per heavy atom. The molecule has 78 valence electrons. The molecule has 0 saturated carbocycles. The Kier molecular flexibility index (Phi) is 5.18. The van der Waals surface area contributed by atoms with Gasteiger partial charge in [0.15, 0.2) is 0 Å². The van der Waals surface area contributed by atoms with Crippen LogP contribution in [0.3, 0.4) is 0 Å². The second kappa shape index (κ2) is 5.92. The van der Waals surface area contributed by atoms with E-state index >= 15 is 0 Å². The van der Waals surface area contributed by atoms with Crippen molar-refractivity contribution in [1.82, 2.24) is 4.90 Å². The van der Waals surface area contributed by atoms with Crippen LogP contribution >= 0.6 is 12.6 Å². The third-order valence-corrected chi connectivity index (χ3v) is 3.52. The number of hydrogen-bond donors (Lipinski definition) is 1. The maximum absolute atomic E-state index is 4.24. The number of hydrogen-bond acceptors (Lipinski definition) is 2. The van der Waals surface area contributed by atoms with Crippen LogP contribution in [-0.2, 0) is 0 Å². The summed E-state index contributed by atoms with van der Waals surface area (Å²) in [7, 11) is 0. The normalized spacial score (nSPS) is 30.7. The predicted molar refractivity (Wildman–Crippen MR) is 62.6 cm³/mol. The predicted octanol–water partition coefficient (Wildman–Crippen LogP) is 2.96. The third-order valence-electron chi connectivity index (χ3n) is 3.20. The summed E-state index contributed by atoms with van der Waals surface area (Å²) in [6.45, 7) is 6.02. The lowest BCUT2D eigenvalue weighted by Crippen LogP contribution is -2.44. The first kappa shape index (κ1) is 11.4. The molecule has 1 nitrogen and oxygen atoms in total. The van der Waals surface area contributed by atoms with Gasteiger partial charge in [-0.15, -0.1) is 0 Å². The average Bonchev–Trinajstić information content (AvgIpc) is 2.10. The van der Waals surface area contributed by atoms with Gasteiger partial charge in [-0.25, -0.2) is 0 Å². The van der Waals surface area contributed by atoms with Crippen LogP contribution < -0.4 is 0 Å². The molecule has 2 unspecified atom stereocenters. The average molecular weight is 201 g/mol. The van der Waals surface area contributed by atoms with E-state index in [-0.39, 0.29) is 0 Å². The van der Waals surface area contributed by atoms with Gasteiger partial charge in [0, 0.05) is 12.1 Å². The fourth-order valence-corrected chi connectivity index (χ4v) is 2.55. The van der Waals surface area contributed by atoms with Crippen LogP contribution in [-0.4, -0.2) is 29.3 Å². The molecule has 13 heavy (non-hydrogen) atoms. The Hall–Kier alpha value is 0.310. The van der Waals surface area contributed by atoms with E-state index in [9.17, 15) is 0 Å². The molecule has 1 saturated heterocycles. The van der Waals surface area contributed by atoms with E-state index in [0.717, 1.165) is 17.8 Å². The van der Waals surface area contributed by atoms with Crippen LogP contribution in [0.1, 0.15) is 46.0 Å². The van der Waals surface area contributed by atoms with Gasteiger partial charge in [-0.05, 0) is 51.8 Å². The molecular weight excluding hydrogens is 178 g/mol. The van der Waals surface area contributed by atoms with E-state index in [1.807, 2.05) is 0 Å². The summed E-state index contributed by atoms with van der Waals surface area (Å²) in [6.07, 6.45) is 6.79. The lowest BCUT2D eigenvalue weighted by atomic mass is 9.97. The molecule has 1 heterocycles. The Balaban J connectivity index is 2.26. The van der Waals surface area contributed by atoms with Crippen molar-refractivity contribution in [2.75, 3.05) is 12.3 Å². The number of unbranched alkanes of at least 4 members (excludes halogenated alkanes) is 1. The molecule has 0 spiro atoms. The highest BCUT2D eigenvalue weighted by Crippen LogP contribution is 2.22. The summed E-state index contributed by atoms with van der Waals surface area (Å²) < 4.78 is 0. The van der Waals surface area contributed by atoms with Crippen LogP contribution in [0.15, 0.2) is 0 Å². The largest absolute Gasteiger partial charge is 0.298 e. The number of likely N-dealkylation sites (tertiary alicyclic amines) is 1. The Morgan fingerprint density at radius 2 is 1.77 bits per heavy atom. The first-order chi connectivity index (χ1) is 6.25. The van der Waals surface area contributed by atoms with Gasteiger partial charge in [-0.2, -0.15) is 12.6 Å². The Bertz CT molecular complexity index is 128. The monoisotopic (exact) mass is 201 g/mol. The molecule has 2 heteroatoms. The SMILES string of the molecule is CC1CCCC(C)N1CCCCS. The summed E-state index contributed by atoms with van der Waals surface area (Å²) in [5.41, 5.74) is 0. The Labute approximate surface area is 88.3 Å². The van der Waals surface area contributed by atoms with Crippen molar-refractivity contribution in [1.29, 1.82) is 0 Å². The number of nitrogens with zero attached hydrogens (tertiary/aromatic N) is 1. The molecule has 0 N–H and O–H groups in total. The van der Waals surface area contributed by atoms with Crippen molar-refractivity contribution in [3.63, 3.8) is 0 Å². The number of rotatable bonds is 4. The van der Waals surface area contributed by atoms with Gasteiger partial charge in [0.2, 0.25) is 0 Å². The highest BCUT2D eigenvalue weighted by Gasteiger charge is 2.23. The maximum atomic E-state index is 4.24. The molecule has 1 fully saturated rings. The fraction of sp³-hybridized carbons (Fsp3) is 1.00. The lowest BCUT2D eigenvalue weighted by molar-refractivity contribution is 0.102. The van der Waals surface area contributed by atoms with Gasteiger partial charge < -0.3 is 0 Å². The summed E-state index contributed by atoms with van der Waals surface area (Å²) in [6, 6.07) is 1.62. The first-order valence-corrected chi connectivity index (χ1v) is 6.25. The van der Waals surface area contributed by atoms with E-state index < -0.39 is 0 Å². The van der Waals surface area contributed by atoms with Crippen LogP contribution in [0.4, 0.5) is 0 Å². The van der Waals surface area contributed by atoms with Crippen molar-refractivity contribution in [2.24, 2.45) is 0 Å². The van der Waals surface area contributed by atoms with Crippen LogP contribution in [0.25, 0.3) is 0 Å². The highest BCUT2D eigenvalue weighted by molar-refractivity contribution is 7.80. The molecule has 0 aromatic heterocycles. The van der Waals surface area contributed by atoms with Crippen LogP contribution in [0.2, 0.25) is 0 Å². The number of thiol groups is 1.